The molecular weight excluding hydrogens is 559 g/mol. The molecule has 2 aromatic carbocycles. The van der Waals surface area contributed by atoms with E-state index in [1.807, 2.05) is 56.5 Å². The molecule has 0 aliphatic rings. The number of carbonyl (C=O) groups excluding carboxylic acids is 2. The highest BCUT2D eigenvalue weighted by molar-refractivity contribution is 7.17. The van der Waals surface area contributed by atoms with Crippen molar-refractivity contribution < 1.29 is 28.2 Å². The van der Waals surface area contributed by atoms with Crippen LogP contribution >= 0.6 is 11.3 Å². The van der Waals surface area contributed by atoms with Gasteiger partial charge < -0.3 is 24.8 Å². The summed E-state index contributed by atoms with van der Waals surface area (Å²) in [5.41, 5.74) is 1.68. The lowest BCUT2D eigenvalue weighted by Gasteiger charge is -2.19. The number of aromatic nitrogens is 2. The van der Waals surface area contributed by atoms with Crippen molar-refractivity contribution in [2.24, 2.45) is 0 Å². The number of benzene rings is 2. The smallest absolute Gasteiger partial charge is 0.407 e. The molecule has 4 rings (SSSR count). The first-order chi connectivity index (χ1) is 20.1. The minimum absolute atomic E-state index is 0.00122. The number of ether oxygens (including phenoxy) is 3. The van der Waals surface area contributed by atoms with Crippen LogP contribution in [0, 0.1) is 5.82 Å². The van der Waals surface area contributed by atoms with E-state index in [0.29, 0.717) is 36.0 Å². The van der Waals surface area contributed by atoms with Gasteiger partial charge in [0.25, 0.3) is 0 Å². The van der Waals surface area contributed by atoms with Gasteiger partial charge >= 0.3 is 12.1 Å². The van der Waals surface area contributed by atoms with Crippen molar-refractivity contribution in [3.63, 3.8) is 0 Å². The molecule has 2 aromatic heterocycles. The summed E-state index contributed by atoms with van der Waals surface area (Å²) < 4.78 is 32.1. The van der Waals surface area contributed by atoms with Crippen LogP contribution in [-0.2, 0) is 20.7 Å². The first-order valence-electron chi connectivity index (χ1n) is 13.8. The minimum Gasteiger partial charge on any atom is -0.493 e. The molecule has 222 valence electrons. The van der Waals surface area contributed by atoms with Crippen LogP contribution < -0.4 is 15.4 Å². The third kappa shape index (κ3) is 8.39. The molecule has 2 heterocycles. The Morgan fingerprint density at radius 3 is 2.62 bits per heavy atom. The fourth-order valence-corrected chi connectivity index (χ4v) is 5.02. The van der Waals surface area contributed by atoms with E-state index in [1.54, 1.807) is 19.1 Å². The van der Waals surface area contributed by atoms with Crippen molar-refractivity contribution in [1.29, 1.82) is 0 Å². The van der Waals surface area contributed by atoms with E-state index >= 15 is 0 Å². The van der Waals surface area contributed by atoms with Gasteiger partial charge in [0.1, 0.15) is 22.9 Å². The lowest BCUT2D eigenvalue weighted by molar-refractivity contribution is -0.142. The van der Waals surface area contributed by atoms with Crippen LogP contribution in [0.3, 0.4) is 0 Å². The quantitative estimate of drug-likeness (QED) is 0.133. The highest BCUT2D eigenvalue weighted by atomic mass is 32.1. The molecule has 0 radical (unpaired) electrons. The number of esters is 1. The number of hydrogen-bond donors (Lipinski definition) is 2. The Bertz CT molecular complexity index is 1540. The van der Waals surface area contributed by atoms with Crippen molar-refractivity contribution in [2.45, 2.75) is 52.6 Å². The summed E-state index contributed by atoms with van der Waals surface area (Å²) in [6, 6.07) is 14.1. The Balaban J connectivity index is 1.42. The zero-order valence-electron chi connectivity index (χ0n) is 24.2. The number of alkyl carbamates (subject to hydrolysis) is 1. The van der Waals surface area contributed by atoms with Crippen LogP contribution in [0.15, 0.2) is 53.9 Å². The molecule has 0 atom stereocenters. The number of para-hydroxylation sites is 1. The highest BCUT2D eigenvalue weighted by Crippen LogP contribution is 2.38. The van der Waals surface area contributed by atoms with Gasteiger partial charge in [0, 0.05) is 17.5 Å². The number of carbonyl (C=O) groups is 2. The Kier molecular flexibility index (Phi) is 10.3. The van der Waals surface area contributed by atoms with Gasteiger partial charge in [-0.05, 0) is 81.8 Å². The SMILES string of the molecule is CCOC(=O)Cc1ccc(Nc2nnc(-c3ccccc3OCCCCNC(=O)OC(C)(C)C)c3sccc23)c(F)c1. The molecule has 0 saturated carbocycles. The van der Waals surface area contributed by atoms with Gasteiger partial charge in [0.2, 0.25) is 0 Å². The molecule has 0 spiro atoms. The molecule has 1 amide bonds. The second kappa shape index (κ2) is 14.1. The fourth-order valence-electron chi connectivity index (χ4n) is 4.13. The molecule has 0 aliphatic carbocycles. The number of halogens is 1. The molecule has 42 heavy (non-hydrogen) atoms. The average Bonchev–Trinajstić information content (AvgIpc) is 3.42. The maximum absolute atomic E-state index is 14.9. The van der Waals surface area contributed by atoms with Crippen molar-refractivity contribution in [3.8, 4) is 17.0 Å². The number of rotatable bonds is 12. The van der Waals surface area contributed by atoms with Gasteiger partial charge in [0.05, 0.1) is 30.0 Å². The predicted molar refractivity (Wildman–Crippen MR) is 162 cm³/mol. The van der Waals surface area contributed by atoms with E-state index in [0.717, 1.165) is 28.5 Å². The van der Waals surface area contributed by atoms with Crippen LogP contribution in [0.25, 0.3) is 21.3 Å². The van der Waals surface area contributed by atoms with E-state index in [1.165, 1.54) is 17.4 Å². The molecule has 0 bridgehead atoms. The molecule has 9 nitrogen and oxygen atoms in total. The molecule has 2 N–H and O–H groups in total. The summed E-state index contributed by atoms with van der Waals surface area (Å²) in [4.78, 5) is 23.5. The zero-order chi connectivity index (χ0) is 30.1. The maximum atomic E-state index is 14.9. The number of hydrogen-bond acceptors (Lipinski definition) is 9. The second-order valence-corrected chi connectivity index (χ2v) is 11.4. The second-order valence-electron chi connectivity index (χ2n) is 10.5. The normalized spacial score (nSPS) is 11.3. The Morgan fingerprint density at radius 1 is 1.05 bits per heavy atom. The fraction of sp³-hybridized carbons (Fsp3) is 0.355. The number of fused-ring (bicyclic) bond motifs is 1. The first kappa shape index (κ1) is 30.7. The van der Waals surface area contributed by atoms with Gasteiger partial charge in [0.15, 0.2) is 5.82 Å². The van der Waals surface area contributed by atoms with E-state index in [-0.39, 0.29) is 18.7 Å². The minimum atomic E-state index is -0.531. The summed E-state index contributed by atoms with van der Waals surface area (Å²) in [7, 11) is 0. The van der Waals surface area contributed by atoms with E-state index in [4.69, 9.17) is 14.2 Å². The number of nitrogens with zero attached hydrogens (tertiary/aromatic N) is 2. The number of thiophene rings is 1. The number of amides is 1. The Hall–Kier alpha value is -4.25. The van der Waals surface area contributed by atoms with Gasteiger partial charge in [-0.1, -0.05) is 18.2 Å². The van der Waals surface area contributed by atoms with Crippen LogP contribution in [-0.4, -0.2) is 47.6 Å². The maximum Gasteiger partial charge on any atom is 0.407 e. The lowest BCUT2D eigenvalue weighted by Crippen LogP contribution is -2.33. The molecule has 0 unspecified atom stereocenters. The summed E-state index contributed by atoms with van der Waals surface area (Å²) in [6.07, 6.45) is 1.03. The average molecular weight is 595 g/mol. The van der Waals surface area contributed by atoms with E-state index < -0.39 is 23.5 Å². The molecular formula is C31H35FN4O5S. The van der Waals surface area contributed by atoms with Crippen LogP contribution in [0.2, 0.25) is 0 Å². The Labute approximate surface area is 248 Å². The predicted octanol–water partition coefficient (Wildman–Crippen LogP) is 7.03. The first-order valence-corrected chi connectivity index (χ1v) is 14.7. The molecule has 0 saturated heterocycles. The zero-order valence-corrected chi connectivity index (χ0v) is 25.0. The number of nitrogens with one attached hydrogen (secondary N) is 2. The van der Waals surface area contributed by atoms with E-state index in [9.17, 15) is 14.0 Å². The summed E-state index contributed by atoms with van der Waals surface area (Å²) in [6.45, 7) is 8.43. The van der Waals surface area contributed by atoms with Gasteiger partial charge in [-0.15, -0.1) is 21.5 Å². The summed E-state index contributed by atoms with van der Waals surface area (Å²) in [5, 5.41) is 17.4. The number of anilines is 2. The van der Waals surface area contributed by atoms with Gasteiger partial charge in [-0.2, -0.15) is 0 Å². The number of unbranched alkanes of at least 4 members (excludes halogenated alkanes) is 1. The van der Waals surface area contributed by atoms with Gasteiger partial charge in [-0.25, -0.2) is 9.18 Å². The van der Waals surface area contributed by atoms with Crippen LogP contribution in [0.5, 0.6) is 5.75 Å². The Morgan fingerprint density at radius 2 is 1.86 bits per heavy atom. The summed E-state index contributed by atoms with van der Waals surface area (Å²) in [5.74, 6) is 0.179. The monoisotopic (exact) mass is 594 g/mol. The van der Waals surface area contributed by atoms with E-state index in [2.05, 4.69) is 20.8 Å². The van der Waals surface area contributed by atoms with Crippen molar-refractivity contribution >= 4 is 45.0 Å². The van der Waals surface area contributed by atoms with Crippen LogP contribution in [0.4, 0.5) is 20.7 Å². The van der Waals surface area contributed by atoms with Crippen molar-refractivity contribution in [3.05, 3.63) is 65.3 Å². The van der Waals surface area contributed by atoms with Crippen molar-refractivity contribution in [1.82, 2.24) is 15.5 Å². The topological polar surface area (TPSA) is 112 Å². The third-order valence-corrected chi connectivity index (χ3v) is 6.89. The van der Waals surface area contributed by atoms with Crippen molar-refractivity contribution in [2.75, 3.05) is 25.1 Å². The highest BCUT2D eigenvalue weighted by Gasteiger charge is 2.18. The van der Waals surface area contributed by atoms with Crippen LogP contribution in [0.1, 0.15) is 46.1 Å². The largest absolute Gasteiger partial charge is 0.493 e. The standard InChI is InChI=1S/C31H35FN4O5S/c1-5-39-26(37)19-20-12-13-24(23(32)18-20)34-29-22-14-17-42-28(22)27(35-36-29)21-10-6-7-11-25(21)40-16-9-8-15-33-30(38)41-31(2,3)4/h6-7,10-14,17-18H,5,8-9,15-16,19H2,1-4H3,(H,33,38)(H,34,36). The lowest BCUT2D eigenvalue weighted by atomic mass is 10.1. The summed E-state index contributed by atoms with van der Waals surface area (Å²) >= 11 is 1.51. The third-order valence-electron chi connectivity index (χ3n) is 5.96. The molecule has 0 fully saturated rings. The molecule has 0 aliphatic heterocycles. The molecule has 11 heteroatoms. The van der Waals surface area contributed by atoms with Gasteiger partial charge in [-0.3, -0.25) is 4.79 Å². The molecule has 4 aromatic rings.